The Morgan fingerprint density at radius 3 is 2.83 bits per heavy atom. The average molecular weight is 323 g/mol. The monoisotopic (exact) mass is 323 g/mol. The lowest BCUT2D eigenvalue weighted by Gasteiger charge is -2.28. The van der Waals surface area contributed by atoms with Crippen LogP contribution in [0.1, 0.15) is 18.4 Å². The van der Waals surface area contributed by atoms with Crippen molar-refractivity contribution in [3.63, 3.8) is 0 Å². The Kier molecular flexibility index (Phi) is 3.63. The minimum absolute atomic E-state index is 0.0698. The molecule has 1 unspecified atom stereocenters. The fourth-order valence-electron chi connectivity index (χ4n) is 3.74. The van der Waals surface area contributed by atoms with Gasteiger partial charge in [-0.15, -0.1) is 0 Å². The van der Waals surface area contributed by atoms with Gasteiger partial charge in [0.2, 0.25) is 11.8 Å². The van der Waals surface area contributed by atoms with Crippen molar-refractivity contribution in [1.82, 2.24) is 14.8 Å². The van der Waals surface area contributed by atoms with Crippen LogP contribution in [0.15, 0.2) is 36.5 Å². The van der Waals surface area contributed by atoms with Crippen molar-refractivity contribution in [2.75, 3.05) is 26.7 Å². The van der Waals surface area contributed by atoms with E-state index in [1.165, 1.54) is 16.5 Å². The minimum Gasteiger partial charge on any atom is -0.361 e. The van der Waals surface area contributed by atoms with Gasteiger partial charge < -0.3 is 14.8 Å². The summed E-state index contributed by atoms with van der Waals surface area (Å²) in [4.78, 5) is 31.1. The number of nitrogens with one attached hydrogen (secondary N) is 1. The number of aromatic amines is 1. The second-order valence-electron chi connectivity index (χ2n) is 6.69. The van der Waals surface area contributed by atoms with E-state index in [4.69, 9.17) is 0 Å². The van der Waals surface area contributed by atoms with Crippen LogP contribution in [0.3, 0.4) is 0 Å². The van der Waals surface area contributed by atoms with Crippen molar-refractivity contribution in [2.24, 2.45) is 5.92 Å². The van der Waals surface area contributed by atoms with E-state index in [0.29, 0.717) is 19.5 Å². The summed E-state index contributed by atoms with van der Waals surface area (Å²) < 4.78 is 0. The molecule has 1 N–H and O–H groups in total. The van der Waals surface area contributed by atoms with Crippen LogP contribution in [-0.2, 0) is 9.59 Å². The molecular formula is C19H21N3O2. The van der Waals surface area contributed by atoms with Gasteiger partial charge in [-0.3, -0.25) is 9.59 Å². The van der Waals surface area contributed by atoms with Crippen molar-refractivity contribution < 1.29 is 9.59 Å². The van der Waals surface area contributed by atoms with E-state index in [0.717, 1.165) is 18.5 Å². The lowest BCUT2D eigenvalue weighted by molar-refractivity contribution is -0.135. The largest absolute Gasteiger partial charge is 0.361 e. The molecule has 4 rings (SSSR count). The first-order valence-corrected chi connectivity index (χ1v) is 8.42. The van der Waals surface area contributed by atoms with E-state index in [-0.39, 0.29) is 17.7 Å². The molecule has 2 aromatic rings. The molecular weight excluding hydrogens is 302 g/mol. The number of carbonyl (C=O) groups is 2. The summed E-state index contributed by atoms with van der Waals surface area (Å²) in [6, 6.07) is 8.27. The number of fused-ring (bicyclic) bond motifs is 1. The van der Waals surface area contributed by atoms with E-state index in [1.807, 2.05) is 17.0 Å². The lowest BCUT2D eigenvalue weighted by atomic mass is 9.98. The molecule has 2 amide bonds. The van der Waals surface area contributed by atoms with Crippen molar-refractivity contribution in [1.29, 1.82) is 0 Å². The number of para-hydroxylation sites is 1. The van der Waals surface area contributed by atoms with E-state index in [2.05, 4.69) is 29.4 Å². The van der Waals surface area contributed by atoms with Gasteiger partial charge in [0.1, 0.15) is 0 Å². The quantitative estimate of drug-likeness (QED) is 0.922. The van der Waals surface area contributed by atoms with Crippen molar-refractivity contribution >= 4 is 28.3 Å². The van der Waals surface area contributed by atoms with Crippen LogP contribution < -0.4 is 0 Å². The van der Waals surface area contributed by atoms with Crippen molar-refractivity contribution in [2.45, 2.75) is 12.8 Å². The molecule has 0 bridgehead atoms. The van der Waals surface area contributed by atoms with E-state index >= 15 is 0 Å². The number of hydrogen-bond acceptors (Lipinski definition) is 2. The Hall–Kier alpha value is -2.56. The first kappa shape index (κ1) is 15.0. The molecule has 5 heteroatoms. The van der Waals surface area contributed by atoms with Crippen LogP contribution in [0, 0.1) is 5.92 Å². The van der Waals surface area contributed by atoms with E-state index in [9.17, 15) is 9.59 Å². The van der Waals surface area contributed by atoms with Crippen molar-refractivity contribution in [3.8, 4) is 0 Å². The molecule has 5 nitrogen and oxygen atoms in total. The highest BCUT2D eigenvalue weighted by Gasteiger charge is 2.35. The van der Waals surface area contributed by atoms with E-state index < -0.39 is 0 Å². The van der Waals surface area contributed by atoms with Gasteiger partial charge in [0.15, 0.2) is 0 Å². The summed E-state index contributed by atoms with van der Waals surface area (Å²) in [5.41, 5.74) is 3.66. The summed E-state index contributed by atoms with van der Waals surface area (Å²) in [5, 5.41) is 1.23. The highest BCUT2D eigenvalue weighted by atomic mass is 16.2. The summed E-state index contributed by atoms with van der Waals surface area (Å²) in [6.45, 7) is 1.90. The summed E-state index contributed by atoms with van der Waals surface area (Å²) in [6.07, 6.45) is 5.41. The smallest absolute Gasteiger partial charge is 0.228 e. The zero-order valence-corrected chi connectivity index (χ0v) is 13.8. The van der Waals surface area contributed by atoms with E-state index in [1.54, 1.807) is 11.9 Å². The Bertz CT molecular complexity index is 836. The molecule has 24 heavy (non-hydrogen) atoms. The van der Waals surface area contributed by atoms with Crippen LogP contribution in [-0.4, -0.2) is 53.3 Å². The van der Waals surface area contributed by atoms with Gasteiger partial charge >= 0.3 is 0 Å². The Morgan fingerprint density at radius 2 is 2.12 bits per heavy atom. The van der Waals surface area contributed by atoms with Gasteiger partial charge in [-0.2, -0.15) is 0 Å². The fourth-order valence-corrected chi connectivity index (χ4v) is 3.74. The molecule has 0 radical (unpaired) electrons. The lowest BCUT2D eigenvalue weighted by Crippen LogP contribution is -2.39. The van der Waals surface area contributed by atoms with Crippen LogP contribution in [0.25, 0.3) is 16.5 Å². The third-order valence-corrected chi connectivity index (χ3v) is 5.15. The average Bonchev–Trinajstić information content (AvgIpc) is 3.18. The van der Waals surface area contributed by atoms with Gasteiger partial charge in [0.05, 0.1) is 5.92 Å². The normalized spacial score (nSPS) is 21.5. The van der Waals surface area contributed by atoms with Crippen LogP contribution in [0.4, 0.5) is 0 Å². The molecule has 124 valence electrons. The predicted molar refractivity (Wildman–Crippen MR) is 93.2 cm³/mol. The number of amides is 2. The molecule has 1 saturated heterocycles. The second kappa shape index (κ2) is 5.82. The summed E-state index contributed by atoms with van der Waals surface area (Å²) >= 11 is 0. The summed E-state index contributed by atoms with van der Waals surface area (Å²) in [5.74, 6) is 0.00727. The zero-order chi connectivity index (χ0) is 16.7. The number of hydrogen-bond donors (Lipinski definition) is 1. The maximum Gasteiger partial charge on any atom is 0.228 e. The molecule has 1 atom stereocenters. The number of benzene rings is 1. The third kappa shape index (κ3) is 2.50. The molecule has 3 heterocycles. The molecule has 0 saturated carbocycles. The van der Waals surface area contributed by atoms with Gasteiger partial charge in [0.25, 0.3) is 0 Å². The van der Waals surface area contributed by atoms with Crippen LogP contribution >= 0.6 is 0 Å². The molecule has 2 aliphatic rings. The highest BCUT2D eigenvalue weighted by molar-refractivity contribution is 5.93. The molecule has 1 aromatic heterocycles. The minimum atomic E-state index is -0.175. The topological polar surface area (TPSA) is 56.4 Å². The first-order valence-electron chi connectivity index (χ1n) is 8.42. The summed E-state index contributed by atoms with van der Waals surface area (Å²) in [7, 11) is 1.76. The molecule has 1 fully saturated rings. The number of rotatable bonds is 2. The zero-order valence-electron chi connectivity index (χ0n) is 13.8. The maximum atomic E-state index is 12.6. The Balaban J connectivity index is 1.49. The number of H-pyrrole nitrogens is 1. The van der Waals surface area contributed by atoms with Gasteiger partial charge in [-0.05, 0) is 18.1 Å². The molecule has 2 aliphatic heterocycles. The maximum absolute atomic E-state index is 12.6. The number of nitrogens with zero attached hydrogens (tertiary/aromatic N) is 2. The second-order valence-corrected chi connectivity index (χ2v) is 6.69. The van der Waals surface area contributed by atoms with Gasteiger partial charge in [-0.1, -0.05) is 24.3 Å². The fraction of sp³-hybridized carbons (Fsp3) is 0.368. The Morgan fingerprint density at radius 1 is 1.29 bits per heavy atom. The number of likely N-dealkylation sites (tertiary alicyclic amines) is 1. The first-order chi connectivity index (χ1) is 11.6. The van der Waals surface area contributed by atoms with Gasteiger partial charge in [0, 0.05) is 55.8 Å². The van der Waals surface area contributed by atoms with Crippen LogP contribution in [0.5, 0.6) is 0 Å². The predicted octanol–water partition coefficient (Wildman–Crippen LogP) is 2.26. The van der Waals surface area contributed by atoms with Crippen molar-refractivity contribution in [3.05, 3.63) is 42.1 Å². The SMILES string of the molecule is CN1CC(C(=O)N2CC=C(c3c[nH]c4ccccc34)CC2)CC1=O. The molecule has 0 spiro atoms. The third-order valence-electron chi connectivity index (χ3n) is 5.15. The highest BCUT2D eigenvalue weighted by Crippen LogP contribution is 2.30. The standard InChI is InChI=1S/C19H21N3O2/c1-21-12-14(10-18(21)23)19(24)22-8-6-13(7-9-22)16-11-20-17-5-3-2-4-15(16)17/h2-6,11,14,20H,7-10,12H2,1H3. The number of aromatic nitrogens is 1. The van der Waals surface area contributed by atoms with Crippen LogP contribution in [0.2, 0.25) is 0 Å². The molecule has 0 aliphatic carbocycles. The molecule has 1 aromatic carbocycles. The number of carbonyl (C=O) groups excluding carboxylic acids is 2. The van der Waals surface area contributed by atoms with Gasteiger partial charge in [-0.25, -0.2) is 0 Å². The Labute approximate surface area is 140 Å².